The minimum Gasteiger partial charge on any atom is -0.466 e. The van der Waals surface area contributed by atoms with Gasteiger partial charge in [0.15, 0.2) is 0 Å². The summed E-state index contributed by atoms with van der Waals surface area (Å²) in [5.74, 6) is -1.77. The summed E-state index contributed by atoms with van der Waals surface area (Å²) >= 11 is 6.25. The number of rotatable bonds is 3. The normalized spacial score (nSPS) is 23.2. The number of aryl methyl sites for hydroxylation is 1. The second-order valence-electron chi connectivity index (χ2n) is 7.43. The Labute approximate surface area is 174 Å². The topological polar surface area (TPSA) is 52.8 Å². The minimum absolute atomic E-state index is 0.0261. The molecular weight excluding hydrogens is 428 g/mol. The van der Waals surface area contributed by atoms with Crippen molar-refractivity contribution in [2.45, 2.75) is 31.0 Å². The third kappa shape index (κ3) is 3.07. The second kappa shape index (κ2) is 7.01. The zero-order valence-electron chi connectivity index (χ0n) is 16.0. The van der Waals surface area contributed by atoms with E-state index in [0.29, 0.717) is 30.5 Å². The number of aromatic nitrogens is 1. The molecule has 0 bridgehead atoms. The number of fused-ring (bicyclic) bond motifs is 1. The minimum atomic E-state index is -4.58. The Morgan fingerprint density at radius 1 is 1.33 bits per heavy atom. The number of ether oxygens (including phenoxy) is 1. The van der Waals surface area contributed by atoms with Crippen LogP contribution in [0.5, 0.6) is 0 Å². The number of halogens is 5. The van der Waals surface area contributed by atoms with Gasteiger partial charge in [0.2, 0.25) is 5.60 Å². The lowest BCUT2D eigenvalue weighted by atomic mass is 9.84. The van der Waals surface area contributed by atoms with Gasteiger partial charge in [-0.25, -0.2) is 9.18 Å². The zero-order chi connectivity index (χ0) is 21.8. The van der Waals surface area contributed by atoms with Crippen molar-refractivity contribution < 1.29 is 31.9 Å². The molecule has 0 amide bonds. The van der Waals surface area contributed by atoms with Gasteiger partial charge in [-0.1, -0.05) is 16.8 Å². The van der Waals surface area contributed by atoms with Gasteiger partial charge in [-0.2, -0.15) is 13.2 Å². The molecule has 1 fully saturated rings. The predicted molar refractivity (Wildman–Crippen MR) is 101 cm³/mol. The highest BCUT2D eigenvalue weighted by molar-refractivity contribution is 6.34. The van der Waals surface area contributed by atoms with E-state index in [1.807, 2.05) is 0 Å². The summed E-state index contributed by atoms with van der Waals surface area (Å²) < 4.78 is 59.9. The van der Waals surface area contributed by atoms with Crippen LogP contribution in [0.15, 0.2) is 29.6 Å². The number of hydrogen-bond acceptors (Lipinski definition) is 4. The first-order chi connectivity index (χ1) is 14.1. The second-order valence-corrected chi connectivity index (χ2v) is 7.84. The van der Waals surface area contributed by atoms with Crippen LogP contribution in [0.25, 0.3) is 11.1 Å². The highest BCUT2D eigenvalue weighted by atomic mass is 35.5. The van der Waals surface area contributed by atoms with E-state index in [1.165, 1.54) is 26.4 Å². The van der Waals surface area contributed by atoms with Crippen molar-refractivity contribution in [1.29, 1.82) is 0 Å². The van der Waals surface area contributed by atoms with Crippen LogP contribution in [0.4, 0.5) is 17.6 Å². The summed E-state index contributed by atoms with van der Waals surface area (Å²) in [6.07, 6.45) is -1.69. The molecule has 1 aliphatic heterocycles. The van der Waals surface area contributed by atoms with Crippen molar-refractivity contribution >= 4 is 23.3 Å². The first kappa shape index (κ1) is 20.7. The summed E-state index contributed by atoms with van der Waals surface area (Å²) in [7, 11) is 2.49. The Kier molecular flexibility index (Phi) is 4.84. The number of oxime groups is 1. The molecule has 1 aromatic heterocycles. The number of carbonyl (C=O) groups is 1. The lowest BCUT2D eigenvalue weighted by Crippen LogP contribution is -2.43. The number of carbonyl (C=O) groups excluding carboxylic acids is 1. The highest BCUT2D eigenvalue weighted by Gasteiger charge is 2.59. The lowest BCUT2D eigenvalue weighted by Gasteiger charge is -2.23. The van der Waals surface area contributed by atoms with Crippen LogP contribution in [-0.2, 0) is 27.6 Å². The molecule has 0 saturated heterocycles. The highest BCUT2D eigenvalue weighted by Crippen LogP contribution is 2.47. The summed E-state index contributed by atoms with van der Waals surface area (Å²) in [4.78, 5) is 17.8. The van der Waals surface area contributed by atoms with Crippen molar-refractivity contribution in [1.82, 2.24) is 4.57 Å². The summed E-state index contributed by atoms with van der Waals surface area (Å²) in [5.41, 5.74) is -1.50. The van der Waals surface area contributed by atoms with Crippen LogP contribution >= 0.6 is 11.6 Å². The van der Waals surface area contributed by atoms with Gasteiger partial charge >= 0.3 is 12.1 Å². The summed E-state index contributed by atoms with van der Waals surface area (Å²) in [5, 5.41) is 4.07. The Bertz CT molecular complexity index is 1060. The predicted octanol–water partition coefficient (Wildman–Crippen LogP) is 4.95. The van der Waals surface area contributed by atoms with E-state index < -0.39 is 35.2 Å². The molecule has 2 unspecified atom stereocenters. The van der Waals surface area contributed by atoms with Crippen LogP contribution < -0.4 is 0 Å². The maximum Gasteiger partial charge on any atom is 0.431 e. The number of nitrogens with zero attached hydrogens (tertiary/aromatic N) is 2. The largest absolute Gasteiger partial charge is 0.466 e. The van der Waals surface area contributed by atoms with Crippen molar-refractivity contribution in [3.8, 4) is 11.1 Å². The molecular formula is C20H17ClF4N2O3. The van der Waals surface area contributed by atoms with Gasteiger partial charge in [0.25, 0.3) is 0 Å². The van der Waals surface area contributed by atoms with Crippen molar-refractivity contribution in [2.24, 2.45) is 18.1 Å². The van der Waals surface area contributed by atoms with E-state index >= 15 is 0 Å². The summed E-state index contributed by atoms with van der Waals surface area (Å²) in [6, 6.07) is 3.25. The zero-order valence-corrected chi connectivity index (χ0v) is 16.8. The van der Waals surface area contributed by atoms with E-state index in [4.69, 9.17) is 21.2 Å². The third-order valence-corrected chi connectivity index (χ3v) is 6.02. The van der Waals surface area contributed by atoms with Crippen molar-refractivity contribution in [2.75, 3.05) is 7.11 Å². The quantitative estimate of drug-likeness (QED) is 0.497. The molecule has 1 saturated carbocycles. The lowest BCUT2D eigenvalue weighted by molar-refractivity contribution is -0.168. The van der Waals surface area contributed by atoms with Crippen LogP contribution in [-0.4, -0.2) is 29.0 Å². The fraction of sp³-hybridized carbons (Fsp3) is 0.400. The molecule has 2 aliphatic rings. The van der Waals surface area contributed by atoms with E-state index in [0.717, 1.165) is 16.7 Å². The Hall–Kier alpha value is -2.55. The molecule has 2 atom stereocenters. The average molecular weight is 445 g/mol. The first-order valence-corrected chi connectivity index (χ1v) is 9.54. The number of benzene rings is 1. The molecule has 5 nitrogen and oxygen atoms in total. The molecule has 0 N–H and O–H groups in total. The molecule has 0 spiro atoms. The number of hydrogen-bond donors (Lipinski definition) is 0. The van der Waals surface area contributed by atoms with E-state index in [9.17, 15) is 22.4 Å². The van der Waals surface area contributed by atoms with Crippen LogP contribution in [0.2, 0.25) is 5.02 Å². The Morgan fingerprint density at radius 2 is 2.07 bits per heavy atom. The number of alkyl halides is 3. The van der Waals surface area contributed by atoms with Gasteiger partial charge < -0.3 is 14.1 Å². The number of methoxy groups -OCH3 is 1. The third-order valence-electron chi connectivity index (χ3n) is 5.71. The molecule has 2 aromatic rings. The van der Waals surface area contributed by atoms with Crippen LogP contribution in [0.1, 0.15) is 30.5 Å². The van der Waals surface area contributed by atoms with Gasteiger partial charge in [0.05, 0.1) is 23.8 Å². The fourth-order valence-corrected chi connectivity index (χ4v) is 4.54. The van der Waals surface area contributed by atoms with Gasteiger partial charge in [-0.05, 0) is 31.0 Å². The number of esters is 1. The van der Waals surface area contributed by atoms with Crippen LogP contribution in [0.3, 0.4) is 0 Å². The standard InChI is InChI=1S/C20H17ClF4N2O3/c1-27-9-10(6-16(27)20(23,24)25)11-7-12(14(21)8-15(11)22)17-13-4-3-5-19(13,30-26-17)18(28)29-2/h6-9,13H,3-5H2,1-2H3. The fourth-order valence-electron chi connectivity index (χ4n) is 4.29. The van der Waals surface area contributed by atoms with Gasteiger partial charge in [0, 0.05) is 36.4 Å². The first-order valence-electron chi connectivity index (χ1n) is 9.16. The van der Waals surface area contributed by atoms with E-state index in [2.05, 4.69) is 5.16 Å². The SMILES string of the molecule is COC(=O)C12CCCC1C(c1cc(-c3cc(C(F)(F)F)n(C)c3)c(F)cc1Cl)=NO2. The molecule has 160 valence electrons. The molecule has 1 aromatic carbocycles. The maximum atomic E-state index is 14.6. The smallest absolute Gasteiger partial charge is 0.431 e. The monoisotopic (exact) mass is 444 g/mol. The van der Waals surface area contributed by atoms with Gasteiger partial charge in [-0.15, -0.1) is 0 Å². The molecule has 1 aliphatic carbocycles. The molecule has 30 heavy (non-hydrogen) atoms. The maximum absolute atomic E-state index is 14.6. The van der Waals surface area contributed by atoms with E-state index in [-0.39, 0.29) is 16.1 Å². The van der Waals surface area contributed by atoms with Gasteiger partial charge in [-0.3, -0.25) is 0 Å². The Morgan fingerprint density at radius 3 is 2.70 bits per heavy atom. The average Bonchev–Trinajstić information content (AvgIpc) is 3.34. The molecule has 4 rings (SSSR count). The molecule has 2 heterocycles. The summed E-state index contributed by atoms with van der Waals surface area (Å²) in [6.45, 7) is 0. The Balaban J connectivity index is 1.78. The molecule has 10 heteroatoms. The molecule has 0 radical (unpaired) electrons. The van der Waals surface area contributed by atoms with E-state index in [1.54, 1.807) is 0 Å². The van der Waals surface area contributed by atoms with Gasteiger partial charge in [0.1, 0.15) is 11.5 Å². The van der Waals surface area contributed by atoms with Crippen LogP contribution in [0, 0.1) is 11.7 Å². The van der Waals surface area contributed by atoms with Crippen molar-refractivity contribution in [3.05, 3.63) is 46.5 Å². The van der Waals surface area contributed by atoms with Crippen molar-refractivity contribution in [3.63, 3.8) is 0 Å².